The summed E-state index contributed by atoms with van der Waals surface area (Å²) in [5.74, 6) is 1.42. The van der Waals surface area contributed by atoms with Crippen LogP contribution < -0.4 is 16.0 Å². The highest BCUT2D eigenvalue weighted by molar-refractivity contribution is 6.34. The van der Waals surface area contributed by atoms with E-state index in [1.54, 1.807) is 6.07 Å². The van der Waals surface area contributed by atoms with E-state index >= 15 is 0 Å². The smallest absolute Gasteiger partial charge is 0.323 e. The van der Waals surface area contributed by atoms with Gasteiger partial charge in [0.25, 0.3) is 0 Å². The van der Waals surface area contributed by atoms with Crippen molar-refractivity contribution in [3.8, 4) is 11.4 Å². The number of nitrogens with zero attached hydrogens (tertiary/aromatic N) is 3. The normalized spacial score (nSPS) is 11.0. The van der Waals surface area contributed by atoms with Crippen LogP contribution in [0.2, 0.25) is 5.02 Å². The molecule has 0 radical (unpaired) electrons. The summed E-state index contributed by atoms with van der Waals surface area (Å²) in [6.07, 6.45) is 0. The van der Waals surface area contributed by atoms with Crippen LogP contribution >= 0.6 is 11.6 Å². The van der Waals surface area contributed by atoms with Crippen LogP contribution in [0.4, 0.5) is 22.0 Å². The Labute approximate surface area is 204 Å². The average Bonchev–Trinajstić information content (AvgIpc) is 2.81. The topological polar surface area (TPSA) is 82.2 Å². The van der Waals surface area contributed by atoms with Crippen molar-refractivity contribution in [3.05, 3.63) is 77.3 Å². The first-order valence-corrected chi connectivity index (χ1v) is 11.4. The maximum absolute atomic E-state index is 12.5. The lowest BCUT2D eigenvalue weighted by atomic mass is 10.1. The van der Waals surface area contributed by atoms with Crippen molar-refractivity contribution in [1.29, 1.82) is 0 Å². The lowest BCUT2D eigenvalue weighted by Crippen LogP contribution is -2.21. The third-order valence-electron chi connectivity index (χ3n) is 5.32. The SMILES string of the molecule is Cc1cccc(Cl)c1NC(=O)Nc1ccc(-c2nc(NCCN(C)C)c3ccccc3n2)cc1. The average molecular weight is 475 g/mol. The zero-order valence-corrected chi connectivity index (χ0v) is 20.1. The van der Waals surface area contributed by atoms with E-state index in [9.17, 15) is 4.79 Å². The van der Waals surface area contributed by atoms with Crippen LogP contribution in [-0.2, 0) is 0 Å². The number of carbonyl (C=O) groups is 1. The molecule has 3 aromatic carbocycles. The van der Waals surface area contributed by atoms with Crippen molar-refractivity contribution >= 4 is 45.7 Å². The molecule has 0 atom stereocenters. The Hall–Kier alpha value is -3.68. The second kappa shape index (κ2) is 10.5. The fourth-order valence-corrected chi connectivity index (χ4v) is 3.78. The van der Waals surface area contributed by atoms with Crippen LogP contribution in [0.25, 0.3) is 22.3 Å². The molecule has 8 heteroatoms. The number of aryl methyl sites for hydroxylation is 1. The van der Waals surface area contributed by atoms with Gasteiger partial charge in [-0.25, -0.2) is 14.8 Å². The van der Waals surface area contributed by atoms with E-state index in [2.05, 4.69) is 20.9 Å². The largest absolute Gasteiger partial charge is 0.368 e. The molecule has 7 nitrogen and oxygen atoms in total. The van der Waals surface area contributed by atoms with Gasteiger partial charge in [-0.1, -0.05) is 35.9 Å². The monoisotopic (exact) mass is 474 g/mol. The van der Waals surface area contributed by atoms with E-state index in [0.29, 0.717) is 22.2 Å². The lowest BCUT2D eigenvalue weighted by molar-refractivity contribution is 0.262. The second-order valence-corrected chi connectivity index (χ2v) is 8.64. The molecule has 0 bridgehead atoms. The highest BCUT2D eigenvalue weighted by Gasteiger charge is 2.11. The summed E-state index contributed by atoms with van der Waals surface area (Å²) in [5, 5.41) is 10.6. The van der Waals surface area contributed by atoms with Crippen LogP contribution in [0.5, 0.6) is 0 Å². The summed E-state index contributed by atoms with van der Waals surface area (Å²) in [5.41, 5.74) is 3.86. The van der Waals surface area contributed by atoms with Crippen molar-refractivity contribution in [3.63, 3.8) is 0 Å². The molecule has 4 aromatic rings. The van der Waals surface area contributed by atoms with Gasteiger partial charge in [0, 0.05) is 29.7 Å². The molecular weight excluding hydrogens is 448 g/mol. The number of aromatic nitrogens is 2. The summed E-state index contributed by atoms with van der Waals surface area (Å²) in [4.78, 5) is 24.1. The van der Waals surface area contributed by atoms with Crippen molar-refractivity contribution in [2.45, 2.75) is 6.92 Å². The van der Waals surface area contributed by atoms with Crippen molar-refractivity contribution in [2.24, 2.45) is 0 Å². The van der Waals surface area contributed by atoms with E-state index in [4.69, 9.17) is 21.6 Å². The Morgan fingerprint density at radius 1 is 0.941 bits per heavy atom. The standard InChI is InChI=1S/C26H27ClN6O/c1-17-7-6-9-21(27)23(17)31-26(34)29-19-13-11-18(12-14-19)24-30-22-10-5-4-8-20(22)25(32-24)28-15-16-33(2)3/h4-14H,15-16H2,1-3H3,(H,28,30,32)(H2,29,31,34). The summed E-state index contributed by atoms with van der Waals surface area (Å²) in [6.45, 7) is 3.56. The lowest BCUT2D eigenvalue weighted by Gasteiger charge is -2.14. The first-order valence-electron chi connectivity index (χ1n) is 11.0. The molecule has 1 heterocycles. The number of rotatable bonds is 7. The molecular formula is C26H27ClN6O. The maximum atomic E-state index is 12.5. The number of likely N-dealkylation sites (N-methyl/N-ethyl adjacent to an activating group) is 1. The molecule has 174 valence electrons. The molecule has 0 spiro atoms. The number of anilines is 3. The third kappa shape index (κ3) is 5.62. The molecule has 34 heavy (non-hydrogen) atoms. The number of urea groups is 1. The van der Waals surface area contributed by atoms with Crippen molar-refractivity contribution in [1.82, 2.24) is 14.9 Å². The van der Waals surface area contributed by atoms with Crippen LogP contribution in [0.3, 0.4) is 0 Å². The van der Waals surface area contributed by atoms with Gasteiger partial charge in [-0.3, -0.25) is 0 Å². The van der Waals surface area contributed by atoms with E-state index in [0.717, 1.165) is 40.9 Å². The van der Waals surface area contributed by atoms with Gasteiger partial charge in [-0.2, -0.15) is 0 Å². The molecule has 0 unspecified atom stereocenters. The molecule has 1 aromatic heterocycles. The molecule has 0 saturated carbocycles. The predicted molar refractivity (Wildman–Crippen MR) is 141 cm³/mol. The highest BCUT2D eigenvalue weighted by Crippen LogP contribution is 2.27. The van der Waals surface area contributed by atoms with Gasteiger partial charge in [0.1, 0.15) is 5.82 Å². The minimum Gasteiger partial charge on any atom is -0.368 e. The molecule has 3 N–H and O–H groups in total. The zero-order valence-electron chi connectivity index (χ0n) is 19.4. The number of nitrogens with one attached hydrogen (secondary N) is 3. The van der Waals surface area contributed by atoms with E-state index in [-0.39, 0.29) is 6.03 Å². The fraction of sp³-hybridized carbons (Fsp3) is 0.192. The molecule has 4 rings (SSSR count). The molecule has 0 saturated heterocycles. The van der Waals surface area contributed by atoms with Crippen LogP contribution in [0.1, 0.15) is 5.56 Å². The number of carbonyl (C=O) groups excluding carboxylic acids is 1. The predicted octanol–water partition coefficient (Wildman–Crippen LogP) is 5.88. The molecule has 0 aliphatic rings. The van der Waals surface area contributed by atoms with Crippen LogP contribution in [-0.4, -0.2) is 48.1 Å². The zero-order chi connectivity index (χ0) is 24.1. The summed E-state index contributed by atoms with van der Waals surface area (Å²) in [6, 6.07) is 20.5. The first-order chi connectivity index (χ1) is 16.4. The Bertz CT molecular complexity index is 1290. The fourth-order valence-electron chi connectivity index (χ4n) is 3.51. The summed E-state index contributed by atoms with van der Waals surface area (Å²) < 4.78 is 0. The molecule has 2 amide bonds. The Morgan fingerprint density at radius 3 is 2.44 bits per heavy atom. The number of halogens is 1. The molecule has 0 aliphatic heterocycles. The van der Waals surface area contributed by atoms with Gasteiger partial charge in [0.05, 0.1) is 16.2 Å². The van der Waals surface area contributed by atoms with Gasteiger partial charge in [-0.05, 0) is 69.0 Å². The number of para-hydroxylation sites is 2. The number of amides is 2. The minimum absolute atomic E-state index is 0.363. The van der Waals surface area contributed by atoms with Crippen molar-refractivity contribution < 1.29 is 4.79 Å². The Kier molecular flexibility index (Phi) is 7.25. The first kappa shape index (κ1) is 23.5. The number of hydrogen-bond acceptors (Lipinski definition) is 5. The van der Waals surface area contributed by atoms with Gasteiger partial charge >= 0.3 is 6.03 Å². The maximum Gasteiger partial charge on any atom is 0.323 e. The van der Waals surface area contributed by atoms with E-state index in [1.807, 2.05) is 81.7 Å². The van der Waals surface area contributed by atoms with Gasteiger partial charge in [0.15, 0.2) is 5.82 Å². The highest BCUT2D eigenvalue weighted by atomic mass is 35.5. The summed E-state index contributed by atoms with van der Waals surface area (Å²) >= 11 is 6.20. The second-order valence-electron chi connectivity index (χ2n) is 8.23. The quantitative estimate of drug-likeness (QED) is 0.312. The molecule has 0 fully saturated rings. The van der Waals surface area contributed by atoms with E-state index < -0.39 is 0 Å². The third-order valence-corrected chi connectivity index (χ3v) is 5.63. The Balaban J connectivity index is 1.52. The number of benzene rings is 3. The van der Waals surface area contributed by atoms with Gasteiger partial charge in [-0.15, -0.1) is 0 Å². The van der Waals surface area contributed by atoms with Crippen LogP contribution in [0, 0.1) is 6.92 Å². The van der Waals surface area contributed by atoms with Gasteiger partial charge < -0.3 is 20.9 Å². The number of fused-ring (bicyclic) bond motifs is 1. The van der Waals surface area contributed by atoms with Gasteiger partial charge in [0.2, 0.25) is 0 Å². The van der Waals surface area contributed by atoms with E-state index in [1.165, 1.54) is 0 Å². The minimum atomic E-state index is -0.363. The van der Waals surface area contributed by atoms with Crippen molar-refractivity contribution in [2.75, 3.05) is 43.1 Å². The molecule has 0 aliphatic carbocycles. The van der Waals surface area contributed by atoms with Crippen LogP contribution in [0.15, 0.2) is 66.7 Å². The summed E-state index contributed by atoms with van der Waals surface area (Å²) in [7, 11) is 4.08. The number of hydrogen-bond donors (Lipinski definition) is 3. The Morgan fingerprint density at radius 2 is 1.71 bits per heavy atom.